The van der Waals surface area contributed by atoms with Gasteiger partial charge in [-0.2, -0.15) is 13.2 Å². The van der Waals surface area contributed by atoms with Gasteiger partial charge in [-0.05, 0) is 41.1 Å². The highest BCUT2D eigenvalue weighted by Gasteiger charge is 2.30. The zero-order valence-electron chi connectivity index (χ0n) is 16.4. The Labute approximate surface area is 181 Å². The summed E-state index contributed by atoms with van der Waals surface area (Å²) >= 11 is 3.31. The molecular weight excluding hydrogens is 429 g/mol. The fourth-order valence-corrected chi connectivity index (χ4v) is 5.05. The number of benzene rings is 1. The molecule has 4 nitrogen and oxygen atoms in total. The summed E-state index contributed by atoms with van der Waals surface area (Å²) in [5.41, 5.74) is 1.06. The molecule has 0 saturated carbocycles. The number of thiophene rings is 1. The van der Waals surface area contributed by atoms with Gasteiger partial charge in [0, 0.05) is 32.4 Å². The van der Waals surface area contributed by atoms with Crippen molar-refractivity contribution in [2.75, 3.05) is 25.4 Å². The average Bonchev–Trinajstić information content (AvgIpc) is 3.38. The van der Waals surface area contributed by atoms with Crippen LogP contribution in [-0.2, 0) is 13.2 Å². The van der Waals surface area contributed by atoms with E-state index in [2.05, 4.69) is 15.1 Å². The first-order chi connectivity index (χ1) is 14.4. The molecule has 0 aliphatic carbocycles. The maximum Gasteiger partial charge on any atom is 0.416 e. The standard InChI is InChI=1S/C21H21F3N4S2/c1-27-19(18-6-3-12-29-18)25-26-20(27)30-13-11-28-9-7-15(8-10-28)16-4-2-5-17(14-16)21(22,23)24/h2-7,12,14H,8-11,13H2,1H3. The molecule has 0 unspecified atom stereocenters. The van der Waals surface area contributed by atoms with Crippen LogP contribution in [0.2, 0.25) is 0 Å². The quantitative estimate of drug-likeness (QED) is 0.468. The van der Waals surface area contributed by atoms with Crippen molar-refractivity contribution in [2.24, 2.45) is 7.05 Å². The van der Waals surface area contributed by atoms with Crippen LogP contribution in [-0.4, -0.2) is 45.1 Å². The van der Waals surface area contributed by atoms with Crippen LogP contribution in [0.1, 0.15) is 17.5 Å². The first-order valence-electron chi connectivity index (χ1n) is 9.57. The molecule has 0 atom stereocenters. The summed E-state index contributed by atoms with van der Waals surface area (Å²) in [5.74, 6) is 1.75. The van der Waals surface area contributed by atoms with Gasteiger partial charge in [-0.25, -0.2) is 0 Å². The minimum atomic E-state index is -4.31. The summed E-state index contributed by atoms with van der Waals surface area (Å²) in [6.45, 7) is 2.46. The van der Waals surface area contributed by atoms with E-state index in [9.17, 15) is 13.2 Å². The van der Waals surface area contributed by atoms with E-state index in [1.165, 1.54) is 12.1 Å². The highest BCUT2D eigenvalue weighted by molar-refractivity contribution is 7.99. The Morgan fingerprint density at radius 1 is 1.17 bits per heavy atom. The van der Waals surface area contributed by atoms with Gasteiger partial charge in [0.2, 0.25) is 0 Å². The summed E-state index contributed by atoms with van der Waals surface area (Å²) in [6.07, 6.45) is -1.52. The third-order valence-electron chi connectivity index (χ3n) is 5.07. The molecule has 0 bridgehead atoms. The molecule has 1 aliphatic rings. The van der Waals surface area contributed by atoms with Crippen molar-refractivity contribution in [3.05, 3.63) is 59.0 Å². The normalized spacial score (nSPS) is 15.4. The SMILES string of the molecule is Cn1c(SCCN2CC=C(c3cccc(C(F)(F)F)c3)CC2)nnc1-c1cccs1. The Morgan fingerprint density at radius 3 is 2.73 bits per heavy atom. The van der Waals surface area contributed by atoms with Gasteiger partial charge in [0.15, 0.2) is 11.0 Å². The van der Waals surface area contributed by atoms with E-state index in [0.717, 1.165) is 59.3 Å². The smallest absolute Gasteiger partial charge is 0.305 e. The van der Waals surface area contributed by atoms with Crippen LogP contribution in [0.25, 0.3) is 16.3 Å². The summed E-state index contributed by atoms with van der Waals surface area (Å²) in [6, 6.07) is 9.63. The molecule has 3 heterocycles. The molecule has 0 amide bonds. The van der Waals surface area contributed by atoms with Crippen molar-refractivity contribution in [3.63, 3.8) is 0 Å². The van der Waals surface area contributed by atoms with Crippen LogP contribution >= 0.6 is 23.1 Å². The van der Waals surface area contributed by atoms with Crippen molar-refractivity contribution >= 4 is 28.7 Å². The maximum absolute atomic E-state index is 12.9. The first kappa shape index (κ1) is 21.1. The number of rotatable bonds is 6. The number of aromatic nitrogens is 3. The maximum atomic E-state index is 12.9. The number of thioether (sulfide) groups is 1. The van der Waals surface area contributed by atoms with E-state index < -0.39 is 11.7 Å². The third-order valence-corrected chi connectivity index (χ3v) is 6.94. The fourth-order valence-electron chi connectivity index (χ4n) is 3.40. The van der Waals surface area contributed by atoms with Crippen LogP contribution in [0.4, 0.5) is 13.2 Å². The molecule has 0 radical (unpaired) electrons. The number of hydrogen-bond acceptors (Lipinski definition) is 5. The fraction of sp³-hybridized carbons (Fsp3) is 0.333. The molecule has 1 aliphatic heterocycles. The van der Waals surface area contributed by atoms with Crippen molar-refractivity contribution < 1.29 is 13.2 Å². The summed E-state index contributed by atoms with van der Waals surface area (Å²) in [5, 5.41) is 11.5. The van der Waals surface area contributed by atoms with Crippen molar-refractivity contribution in [1.29, 1.82) is 0 Å². The lowest BCUT2D eigenvalue weighted by Crippen LogP contribution is -2.30. The minimum absolute atomic E-state index is 0.592. The summed E-state index contributed by atoms with van der Waals surface area (Å²) in [4.78, 5) is 3.40. The Bertz CT molecular complexity index is 1030. The van der Waals surface area contributed by atoms with Crippen molar-refractivity contribution in [3.8, 4) is 10.7 Å². The molecule has 9 heteroatoms. The van der Waals surface area contributed by atoms with E-state index in [1.54, 1.807) is 29.2 Å². The molecule has 0 spiro atoms. The molecule has 4 rings (SSSR count). The summed E-state index contributed by atoms with van der Waals surface area (Å²) < 4.78 is 40.8. The number of halogens is 3. The van der Waals surface area contributed by atoms with Crippen LogP contribution in [0.5, 0.6) is 0 Å². The van der Waals surface area contributed by atoms with Gasteiger partial charge in [-0.15, -0.1) is 21.5 Å². The molecule has 0 saturated heterocycles. The van der Waals surface area contributed by atoms with Crippen LogP contribution in [0, 0.1) is 0 Å². The number of alkyl halides is 3. The molecule has 158 valence electrons. The van der Waals surface area contributed by atoms with Gasteiger partial charge >= 0.3 is 6.18 Å². The molecule has 0 fully saturated rings. The van der Waals surface area contributed by atoms with Crippen LogP contribution in [0.15, 0.2) is 53.0 Å². The van der Waals surface area contributed by atoms with Crippen LogP contribution in [0.3, 0.4) is 0 Å². The van der Waals surface area contributed by atoms with Gasteiger partial charge in [-0.1, -0.05) is 36.0 Å². The molecular formula is C21H21F3N4S2. The predicted octanol–water partition coefficient (Wildman–Crippen LogP) is 5.44. The highest BCUT2D eigenvalue weighted by atomic mass is 32.2. The third kappa shape index (κ3) is 4.79. The van der Waals surface area contributed by atoms with E-state index in [-0.39, 0.29) is 0 Å². The Kier molecular flexibility index (Phi) is 6.31. The second-order valence-electron chi connectivity index (χ2n) is 7.05. The van der Waals surface area contributed by atoms with Crippen molar-refractivity contribution in [2.45, 2.75) is 17.8 Å². The molecule has 1 aromatic carbocycles. The van der Waals surface area contributed by atoms with E-state index in [0.29, 0.717) is 5.56 Å². The Hall–Kier alpha value is -2.10. The highest BCUT2D eigenvalue weighted by Crippen LogP contribution is 2.32. The van der Waals surface area contributed by atoms with Gasteiger partial charge in [-0.3, -0.25) is 4.90 Å². The Balaban J connectivity index is 1.31. The predicted molar refractivity (Wildman–Crippen MR) is 116 cm³/mol. The number of hydrogen-bond donors (Lipinski definition) is 0. The molecule has 0 N–H and O–H groups in total. The van der Waals surface area contributed by atoms with E-state index in [4.69, 9.17) is 0 Å². The van der Waals surface area contributed by atoms with Gasteiger partial charge in [0.25, 0.3) is 0 Å². The Morgan fingerprint density at radius 2 is 2.03 bits per heavy atom. The molecule has 30 heavy (non-hydrogen) atoms. The average molecular weight is 451 g/mol. The van der Waals surface area contributed by atoms with Crippen molar-refractivity contribution in [1.82, 2.24) is 19.7 Å². The zero-order valence-corrected chi connectivity index (χ0v) is 18.0. The van der Waals surface area contributed by atoms with Gasteiger partial charge in [0.05, 0.1) is 10.4 Å². The second-order valence-corrected chi connectivity index (χ2v) is 9.06. The second kappa shape index (κ2) is 8.95. The zero-order chi connectivity index (χ0) is 21.1. The lowest BCUT2D eigenvalue weighted by Gasteiger charge is -2.26. The lowest BCUT2D eigenvalue weighted by atomic mass is 9.97. The molecule has 2 aromatic heterocycles. The number of nitrogens with zero attached hydrogens (tertiary/aromatic N) is 4. The summed E-state index contributed by atoms with van der Waals surface area (Å²) in [7, 11) is 1.97. The van der Waals surface area contributed by atoms with Gasteiger partial charge < -0.3 is 4.57 Å². The van der Waals surface area contributed by atoms with E-state index in [1.807, 2.05) is 35.2 Å². The largest absolute Gasteiger partial charge is 0.416 e. The van der Waals surface area contributed by atoms with E-state index >= 15 is 0 Å². The van der Waals surface area contributed by atoms with Crippen LogP contribution < -0.4 is 0 Å². The monoisotopic (exact) mass is 450 g/mol. The lowest BCUT2D eigenvalue weighted by molar-refractivity contribution is -0.137. The topological polar surface area (TPSA) is 34.0 Å². The molecule has 3 aromatic rings. The minimum Gasteiger partial charge on any atom is -0.305 e. The van der Waals surface area contributed by atoms with Gasteiger partial charge in [0.1, 0.15) is 0 Å². The first-order valence-corrected chi connectivity index (χ1v) is 11.4.